The molecule has 0 heterocycles. The molecule has 16 nitrogen and oxygen atoms in total. The number of phosphoric acid groups is 1. The van der Waals surface area contributed by atoms with Crippen LogP contribution in [0.3, 0.4) is 0 Å². The minimum Gasteiger partial charge on any atom is -0.481 e. The van der Waals surface area contributed by atoms with Gasteiger partial charge < -0.3 is 55.4 Å². The number of hydrogen-bond donors (Lipinski definition) is 10. The van der Waals surface area contributed by atoms with Gasteiger partial charge >= 0.3 is 25.7 Å². The smallest absolute Gasteiger partial charge is 0.470 e. The Morgan fingerprint density at radius 2 is 1.38 bits per heavy atom. The molecule has 170 valence electrons. The van der Waals surface area contributed by atoms with E-state index in [1.54, 1.807) is 0 Å². The molecular weight excluding hydrogens is 431 g/mol. The van der Waals surface area contributed by atoms with Crippen LogP contribution >= 0.6 is 7.82 Å². The zero-order valence-electron chi connectivity index (χ0n) is 14.4. The molecule has 4 atom stereocenters. The number of aldehydes is 1. The largest absolute Gasteiger partial charge is 0.481 e. The number of phosphoric ester groups is 1. The lowest BCUT2D eigenvalue weighted by atomic mass is 9.96. The second-order valence-corrected chi connectivity index (χ2v) is 6.60. The van der Waals surface area contributed by atoms with Crippen LogP contribution in [0.5, 0.6) is 0 Å². The van der Waals surface area contributed by atoms with Crippen molar-refractivity contribution >= 4 is 32.0 Å². The first-order valence-electron chi connectivity index (χ1n) is 7.24. The number of carboxylic acids is 3. The maximum absolute atomic E-state index is 10.4. The number of aliphatic hydroxyl groups is 5. The summed E-state index contributed by atoms with van der Waals surface area (Å²) < 4.78 is 14.2. The van der Waals surface area contributed by atoms with E-state index in [0.717, 1.165) is 0 Å². The fourth-order valence-electron chi connectivity index (χ4n) is 1.57. The van der Waals surface area contributed by atoms with Crippen LogP contribution < -0.4 is 0 Å². The SMILES string of the molecule is O=C(O)CC(O)(CC(=O)O)C(=O)O.O=C[C@H](OP(=O)(O)O)[C@@H](O)[C@H](O)[C@H](O)CO. The van der Waals surface area contributed by atoms with Gasteiger partial charge in [0.1, 0.15) is 18.3 Å². The predicted octanol–water partition coefficient (Wildman–Crippen LogP) is -4.51. The van der Waals surface area contributed by atoms with Gasteiger partial charge in [-0.2, -0.15) is 0 Å². The molecular formula is C12H21O16P. The summed E-state index contributed by atoms with van der Waals surface area (Å²) in [6, 6.07) is 0. The van der Waals surface area contributed by atoms with Crippen molar-refractivity contribution in [2.45, 2.75) is 42.9 Å². The predicted molar refractivity (Wildman–Crippen MR) is 85.2 cm³/mol. The summed E-state index contributed by atoms with van der Waals surface area (Å²) in [6.45, 7) is -0.903. The molecule has 0 unspecified atom stereocenters. The van der Waals surface area contributed by atoms with Gasteiger partial charge in [-0.05, 0) is 0 Å². The van der Waals surface area contributed by atoms with Crippen LogP contribution in [-0.2, 0) is 28.3 Å². The lowest BCUT2D eigenvalue weighted by molar-refractivity contribution is -0.170. The third-order valence-electron chi connectivity index (χ3n) is 2.95. The van der Waals surface area contributed by atoms with E-state index in [0.29, 0.717) is 0 Å². The molecule has 0 aliphatic rings. The molecule has 0 aliphatic carbocycles. The molecule has 29 heavy (non-hydrogen) atoms. The molecule has 17 heteroatoms. The van der Waals surface area contributed by atoms with E-state index in [4.69, 9.17) is 45.5 Å². The van der Waals surface area contributed by atoms with E-state index in [1.807, 2.05) is 0 Å². The molecule has 0 saturated carbocycles. The summed E-state index contributed by atoms with van der Waals surface area (Å²) in [5.74, 6) is -5.02. The van der Waals surface area contributed by atoms with Gasteiger partial charge in [-0.15, -0.1) is 0 Å². The number of rotatable bonds is 12. The maximum Gasteiger partial charge on any atom is 0.470 e. The second-order valence-electron chi connectivity index (χ2n) is 5.41. The summed E-state index contributed by atoms with van der Waals surface area (Å²) in [4.78, 5) is 57.6. The van der Waals surface area contributed by atoms with E-state index >= 15 is 0 Å². The Labute approximate surface area is 161 Å². The zero-order valence-corrected chi connectivity index (χ0v) is 15.3. The van der Waals surface area contributed by atoms with Crippen LogP contribution in [0.2, 0.25) is 0 Å². The van der Waals surface area contributed by atoms with Gasteiger partial charge in [0.15, 0.2) is 18.0 Å². The Hall–Kier alpha value is -2.01. The van der Waals surface area contributed by atoms with Gasteiger partial charge in [-0.25, -0.2) is 9.36 Å². The normalized spacial score (nSPS) is 15.8. The van der Waals surface area contributed by atoms with Crippen molar-refractivity contribution < 1.29 is 78.9 Å². The highest BCUT2D eigenvalue weighted by atomic mass is 31.2. The van der Waals surface area contributed by atoms with E-state index in [-0.39, 0.29) is 6.29 Å². The number of carboxylic acid groups (broad SMARTS) is 3. The van der Waals surface area contributed by atoms with E-state index in [2.05, 4.69) is 4.52 Å². The topological polar surface area (TPSA) is 297 Å². The molecule has 0 saturated heterocycles. The quantitative estimate of drug-likeness (QED) is 0.0985. The second kappa shape index (κ2) is 12.5. The summed E-state index contributed by atoms with van der Waals surface area (Å²) >= 11 is 0. The first-order valence-corrected chi connectivity index (χ1v) is 8.77. The van der Waals surface area contributed by atoms with Gasteiger partial charge in [-0.1, -0.05) is 0 Å². The lowest BCUT2D eigenvalue weighted by Gasteiger charge is -2.25. The monoisotopic (exact) mass is 452 g/mol. The first kappa shape index (κ1) is 29.2. The van der Waals surface area contributed by atoms with Crippen molar-refractivity contribution in [3.8, 4) is 0 Å². The zero-order chi connectivity index (χ0) is 23.6. The Kier molecular flexibility index (Phi) is 12.6. The van der Waals surface area contributed by atoms with Crippen LogP contribution in [0.1, 0.15) is 12.8 Å². The van der Waals surface area contributed by atoms with Gasteiger partial charge in [0, 0.05) is 0 Å². The lowest BCUT2D eigenvalue weighted by Crippen LogP contribution is -2.47. The molecule has 0 rings (SSSR count). The van der Waals surface area contributed by atoms with Crippen molar-refractivity contribution in [3.05, 3.63) is 0 Å². The molecule has 0 radical (unpaired) electrons. The summed E-state index contributed by atoms with van der Waals surface area (Å²) in [5, 5.41) is 69.5. The molecule has 0 aromatic heterocycles. The molecule has 0 spiro atoms. The van der Waals surface area contributed by atoms with Crippen LogP contribution in [0, 0.1) is 0 Å². The number of carbonyl (C=O) groups excluding carboxylic acids is 1. The van der Waals surface area contributed by atoms with Crippen molar-refractivity contribution in [3.63, 3.8) is 0 Å². The van der Waals surface area contributed by atoms with Crippen LogP contribution in [0.25, 0.3) is 0 Å². The van der Waals surface area contributed by atoms with E-state index < -0.39 is 75.2 Å². The van der Waals surface area contributed by atoms with Crippen molar-refractivity contribution in [1.82, 2.24) is 0 Å². The minimum atomic E-state index is -5.02. The summed E-state index contributed by atoms with van der Waals surface area (Å²) in [5.41, 5.74) is -2.74. The number of carbonyl (C=O) groups is 4. The van der Waals surface area contributed by atoms with Crippen molar-refractivity contribution in [2.75, 3.05) is 6.61 Å². The Balaban J connectivity index is 0. The molecule has 0 amide bonds. The van der Waals surface area contributed by atoms with E-state index in [1.165, 1.54) is 0 Å². The van der Waals surface area contributed by atoms with Gasteiger partial charge in [0.05, 0.1) is 19.4 Å². The molecule has 0 fully saturated rings. The van der Waals surface area contributed by atoms with Crippen LogP contribution in [0.4, 0.5) is 0 Å². The van der Waals surface area contributed by atoms with Gasteiger partial charge in [0.2, 0.25) is 0 Å². The summed E-state index contributed by atoms with van der Waals surface area (Å²) in [7, 11) is -5.02. The van der Waals surface area contributed by atoms with Crippen molar-refractivity contribution in [2.24, 2.45) is 0 Å². The first-order chi connectivity index (χ1) is 13.0. The average Bonchev–Trinajstić information content (AvgIpc) is 2.55. The van der Waals surface area contributed by atoms with Gasteiger partial charge in [0.25, 0.3) is 0 Å². The van der Waals surface area contributed by atoms with Crippen molar-refractivity contribution in [1.29, 1.82) is 0 Å². The average molecular weight is 452 g/mol. The highest BCUT2D eigenvalue weighted by molar-refractivity contribution is 7.46. The summed E-state index contributed by atoms with van der Waals surface area (Å²) in [6.07, 6.45) is -10.3. The molecule has 0 aliphatic heterocycles. The molecule has 0 bridgehead atoms. The molecule has 0 aromatic carbocycles. The minimum absolute atomic E-state index is 0.142. The van der Waals surface area contributed by atoms with Gasteiger partial charge in [-0.3, -0.25) is 14.1 Å². The highest BCUT2D eigenvalue weighted by Crippen LogP contribution is 2.38. The molecule has 10 N–H and O–H groups in total. The highest BCUT2D eigenvalue weighted by Gasteiger charge is 2.40. The Morgan fingerprint density at radius 3 is 1.62 bits per heavy atom. The number of aliphatic carboxylic acids is 3. The maximum atomic E-state index is 10.4. The fourth-order valence-corrected chi connectivity index (χ4v) is 2.06. The Bertz CT molecular complexity index is 597. The fraction of sp³-hybridized carbons (Fsp3) is 0.667. The third-order valence-corrected chi connectivity index (χ3v) is 3.46. The molecule has 0 aromatic rings. The number of aliphatic hydroxyl groups excluding tert-OH is 4. The standard InChI is InChI=1S/C6H13O9P.C6H8O7/c7-1-3(9)5(10)6(11)4(2-8)15-16(12,13)14;7-3(8)1-6(13,5(11)12)2-4(9)10/h2-7,9-11H,1H2,(H2,12,13,14);13H,1-2H2,(H,7,8)(H,9,10)(H,11,12)/t3-,4+,5-,6-;/m1./s1. The number of hydrogen-bond acceptors (Lipinski definition) is 11. The van der Waals surface area contributed by atoms with Crippen LogP contribution in [0.15, 0.2) is 0 Å². The van der Waals surface area contributed by atoms with E-state index in [9.17, 15) is 28.8 Å². The third kappa shape index (κ3) is 12.2. The Morgan fingerprint density at radius 1 is 0.966 bits per heavy atom. The van der Waals surface area contributed by atoms with Crippen LogP contribution in [-0.4, -0.2) is 111 Å².